The number of benzene rings is 1. The zero-order valence-corrected chi connectivity index (χ0v) is 9.60. The van der Waals surface area contributed by atoms with E-state index >= 15 is 0 Å². The standard InChI is InChI=1S/C13H14FN3/c1-9(15)8-12-6-7-16-13(17-12)10-2-4-11(14)5-3-10/h2-7,9H,8,15H2,1H3. The summed E-state index contributed by atoms with van der Waals surface area (Å²) in [5, 5.41) is 0. The Hall–Kier alpha value is -1.81. The van der Waals surface area contributed by atoms with Crippen molar-refractivity contribution in [2.24, 2.45) is 5.73 Å². The van der Waals surface area contributed by atoms with Gasteiger partial charge in [-0.1, -0.05) is 0 Å². The van der Waals surface area contributed by atoms with Gasteiger partial charge >= 0.3 is 0 Å². The minimum absolute atomic E-state index is 0.0611. The first-order chi connectivity index (χ1) is 8.15. The van der Waals surface area contributed by atoms with Gasteiger partial charge in [0.15, 0.2) is 5.82 Å². The minimum atomic E-state index is -0.263. The van der Waals surface area contributed by atoms with Crippen molar-refractivity contribution in [3.8, 4) is 11.4 Å². The van der Waals surface area contributed by atoms with Gasteiger partial charge in [0, 0.05) is 29.9 Å². The largest absolute Gasteiger partial charge is 0.328 e. The lowest BCUT2D eigenvalue weighted by atomic mass is 10.1. The van der Waals surface area contributed by atoms with Crippen molar-refractivity contribution in [2.75, 3.05) is 0 Å². The van der Waals surface area contributed by atoms with Crippen molar-refractivity contribution in [1.29, 1.82) is 0 Å². The molecule has 1 heterocycles. The summed E-state index contributed by atoms with van der Waals surface area (Å²) < 4.78 is 12.8. The van der Waals surface area contributed by atoms with Crippen molar-refractivity contribution in [2.45, 2.75) is 19.4 Å². The molecule has 4 heteroatoms. The van der Waals surface area contributed by atoms with E-state index in [-0.39, 0.29) is 11.9 Å². The van der Waals surface area contributed by atoms with Crippen LogP contribution in [0.3, 0.4) is 0 Å². The van der Waals surface area contributed by atoms with Gasteiger partial charge in [0.05, 0.1) is 0 Å². The van der Waals surface area contributed by atoms with Gasteiger partial charge < -0.3 is 5.73 Å². The van der Waals surface area contributed by atoms with E-state index in [0.29, 0.717) is 12.2 Å². The number of aromatic nitrogens is 2. The molecule has 1 aromatic heterocycles. The van der Waals surface area contributed by atoms with Crippen LogP contribution >= 0.6 is 0 Å². The van der Waals surface area contributed by atoms with Crippen LogP contribution in [0.5, 0.6) is 0 Å². The summed E-state index contributed by atoms with van der Waals surface area (Å²) in [6.45, 7) is 1.93. The fraction of sp³-hybridized carbons (Fsp3) is 0.231. The Labute approximate surface area is 99.5 Å². The minimum Gasteiger partial charge on any atom is -0.328 e. The molecule has 17 heavy (non-hydrogen) atoms. The molecule has 2 aromatic rings. The highest BCUT2D eigenvalue weighted by atomic mass is 19.1. The molecule has 0 aliphatic carbocycles. The first-order valence-electron chi connectivity index (χ1n) is 5.48. The first-order valence-corrected chi connectivity index (χ1v) is 5.48. The summed E-state index contributed by atoms with van der Waals surface area (Å²) >= 11 is 0. The molecule has 0 bridgehead atoms. The van der Waals surface area contributed by atoms with Crippen molar-refractivity contribution < 1.29 is 4.39 Å². The third-order valence-corrected chi connectivity index (χ3v) is 2.35. The third-order valence-electron chi connectivity index (χ3n) is 2.35. The van der Waals surface area contributed by atoms with Crippen LogP contribution in [0.2, 0.25) is 0 Å². The molecule has 2 N–H and O–H groups in total. The molecule has 88 valence electrons. The summed E-state index contributed by atoms with van der Waals surface area (Å²) in [5.41, 5.74) is 7.42. The molecule has 0 aliphatic heterocycles. The number of halogens is 1. The summed E-state index contributed by atoms with van der Waals surface area (Å²) in [7, 11) is 0. The molecule has 1 aromatic carbocycles. The quantitative estimate of drug-likeness (QED) is 0.880. The van der Waals surface area contributed by atoms with Gasteiger partial charge in [-0.15, -0.1) is 0 Å². The van der Waals surface area contributed by atoms with Crippen LogP contribution in [-0.4, -0.2) is 16.0 Å². The van der Waals surface area contributed by atoms with Crippen LogP contribution in [0.15, 0.2) is 36.5 Å². The van der Waals surface area contributed by atoms with Crippen LogP contribution in [0.4, 0.5) is 4.39 Å². The fourth-order valence-electron chi connectivity index (χ4n) is 1.58. The van der Waals surface area contributed by atoms with Gasteiger partial charge in [-0.25, -0.2) is 14.4 Å². The smallest absolute Gasteiger partial charge is 0.159 e. The average Bonchev–Trinajstić information content (AvgIpc) is 2.29. The molecule has 0 spiro atoms. The highest BCUT2D eigenvalue weighted by Gasteiger charge is 2.04. The second kappa shape index (κ2) is 5.01. The van der Waals surface area contributed by atoms with E-state index in [2.05, 4.69) is 9.97 Å². The van der Waals surface area contributed by atoms with Gasteiger partial charge in [-0.05, 0) is 37.3 Å². The van der Waals surface area contributed by atoms with E-state index in [1.54, 1.807) is 18.3 Å². The number of hydrogen-bond acceptors (Lipinski definition) is 3. The molecule has 2 rings (SSSR count). The van der Waals surface area contributed by atoms with Crippen molar-refractivity contribution >= 4 is 0 Å². The maximum Gasteiger partial charge on any atom is 0.159 e. The lowest BCUT2D eigenvalue weighted by molar-refractivity contribution is 0.628. The van der Waals surface area contributed by atoms with Gasteiger partial charge in [-0.3, -0.25) is 0 Å². The molecule has 0 fully saturated rings. The molecule has 0 radical (unpaired) electrons. The maximum atomic E-state index is 12.8. The number of hydrogen-bond donors (Lipinski definition) is 1. The molecular formula is C13H14FN3. The normalized spacial score (nSPS) is 12.4. The molecule has 0 saturated carbocycles. The Morgan fingerprint density at radius 2 is 1.94 bits per heavy atom. The molecule has 1 unspecified atom stereocenters. The first kappa shape index (κ1) is 11.7. The average molecular weight is 231 g/mol. The Kier molecular flexibility index (Phi) is 3.44. The SMILES string of the molecule is CC(N)Cc1ccnc(-c2ccc(F)cc2)n1. The molecule has 0 saturated heterocycles. The van der Waals surface area contributed by atoms with Crippen molar-refractivity contribution in [3.05, 3.63) is 48.0 Å². The third kappa shape index (κ3) is 3.07. The van der Waals surface area contributed by atoms with Crippen LogP contribution in [-0.2, 0) is 6.42 Å². The Morgan fingerprint density at radius 3 is 2.59 bits per heavy atom. The molecule has 0 amide bonds. The van der Waals surface area contributed by atoms with Crippen molar-refractivity contribution in [1.82, 2.24) is 9.97 Å². The van der Waals surface area contributed by atoms with Crippen LogP contribution in [0.1, 0.15) is 12.6 Å². The van der Waals surface area contributed by atoms with E-state index < -0.39 is 0 Å². The van der Waals surface area contributed by atoms with Crippen molar-refractivity contribution in [3.63, 3.8) is 0 Å². The second-order valence-electron chi connectivity index (χ2n) is 4.06. The topological polar surface area (TPSA) is 51.8 Å². The molecule has 3 nitrogen and oxygen atoms in total. The number of rotatable bonds is 3. The Balaban J connectivity index is 2.29. The highest BCUT2D eigenvalue weighted by molar-refractivity contribution is 5.54. The summed E-state index contributed by atoms with van der Waals surface area (Å²) in [4.78, 5) is 8.57. The van der Waals surface area contributed by atoms with Gasteiger partial charge in [0.2, 0.25) is 0 Å². The Morgan fingerprint density at radius 1 is 1.24 bits per heavy atom. The zero-order chi connectivity index (χ0) is 12.3. The van der Waals surface area contributed by atoms with Gasteiger partial charge in [0.25, 0.3) is 0 Å². The van der Waals surface area contributed by atoms with Gasteiger partial charge in [0.1, 0.15) is 5.82 Å². The van der Waals surface area contributed by atoms with E-state index in [0.717, 1.165) is 11.3 Å². The summed E-state index contributed by atoms with van der Waals surface area (Å²) in [5.74, 6) is 0.337. The van der Waals surface area contributed by atoms with Gasteiger partial charge in [-0.2, -0.15) is 0 Å². The predicted molar refractivity (Wildman–Crippen MR) is 64.8 cm³/mol. The highest BCUT2D eigenvalue weighted by Crippen LogP contribution is 2.15. The lowest BCUT2D eigenvalue weighted by Crippen LogP contribution is -2.18. The summed E-state index contributed by atoms with van der Waals surface area (Å²) in [6, 6.07) is 8.04. The van der Waals surface area contributed by atoms with E-state index in [1.807, 2.05) is 13.0 Å². The van der Waals surface area contributed by atoms with E-state index in [1.165, 1.54) is 12.1 Å². The molecule has 1 atom stereocenters. The zero-order valence-electron chi connectivity index (χ0n) is 9.60. The molecule has 0 aliphatic rings. The number of nitrogens with zero attached hydrogens (tertiary/aromatic N) is 2. The lowest BCUT2D eigenvalue weighted by Gasteiger charge is -2.06. The fourth-order valence-corrected chi connectivity index (χ4v) is 1.58. The predicted octanol–water partition coefficient (Wildman–Crippen LogP) is 2.17. The van der Waals surface area contributed by atoms with Crippen LogP contribution in [0.25, 0.3) is 11.4 Å². The maximum absolute atomic E-state index is 12.8. The van der Waals surface area contributed by atoms with E-state index in [4.69, 9.17) is 5.73 Å². The molecular weight excluding hydrogens is 217 g/mol. The Bertz CT molecular complexity index is 494. The van der Waals surface area contributed by atoms with Crippen LogP contribution in [0, 0.1) is 5.82 Å². The summed E-state index contributed by atoms with van der Waals surface area (Å²) in [6.07, 6.45) is 2.40. The second-order valence-corrected chi connectivity index (χ2v) is 4.06. The van der Waals surface area contributed by atoms with E-state index in [9.17, 15) is 4.39 Å². The number of nitrogens with two attached hydrogens (primary N) is 1. The van der Waals surface area contributed by atoms with Crippen LogP contribution < -0.4 is 5.73 Å². The monoisotopic (exact) mass is 231 g/mol.